The van der Waals surface area contributed by atoms with Crippen LogP contribution in [-0.4, -0.2) is 36.7 Å². The number of alkyl halides is 4. The van der Waals surface area contributed by atoms with Crippen molar-refractivity contribution in [1.82, 2.24) is 5.32 Å². The number of nitrogens with one attached hydrogen (secondary N) is 1. The maximum atomic E-state index is 11.8. The van der Waals surface area contributed by atoms with Crippen molar-refractivity contribution in [1.29, 1.82) is 0 Å². The molecule has 0 aromatic rings. The molecule has 0 heterocycles. The molecule has 7 heteroatoms. The van der Waals surface area contributed by atoms with Crippen LogP contribution < -0.4 is 5.32 Å². The number of carbonyl (C=O) groups excluding carboxylic acids is 1. The van der Waals surface area contributed by atoms with Crippen molar-refractivity contribution < 1.29 is 22.7 Å². The summed E-state index contributed by atoms with van der Waals surface area (Å²) in [5.41, 5.74) is 0. The predicted molar refractivity (Wildman–Crippen MR) is 61.5 cm³/mol. The molecule has 0 spiro atoms. The van der Waals surface area contributed by atoms with Gasteiger partial charge < -0.3 is 10.1 Å². The first kappa shape index (κ1) is 15.6. The van der Waals surface area contributed by atoms with Crippen LogP contribution in [0.5, 0.6) is 0 Å². The Bertz CT molecular complexity index is 274. The molecule has 0 saturated heterocycles. The van der Waals surface area contributed by atoms with Crippen LogP contribution in [0.25, 0.3) is 0 Å². The molecule has 1 saturated carbocycles. The van der Waals surface area contributed by atoms with Crippen molar-refractivity contribution in [2.45, 2.75) is 49.7 Å². The molecule has 1 rings (SSSR count). The van der Waals surface area contributed by atoms with Gasteiger partial charge in [-0.3, -0.25) is 4.79 Å². The van der Waals surface area contributed by atoms with Crippen molar-refractivity contribution >= 4 is 17.5 Å². The summed E-state index contributed by atoms with van der Waals surface area (Å²) in [5.74, 6) is -0.310. The Hall–Kier alpha value is -0.490. The summed E-state index contributed by atoms with van der Waals surface area (Å²) in [5, 5.41) is 2.65. The highest BCUT2D eigenvalue weighted by Gasteiger charge is 2.28. The predicted octanol–water partition coefficient (Wildman–Crippen LogP) is 2.62. The third-order valence-corrected chi connectivity index (χ3v) is 3.29. The van der Waals surface area contributed by atoms with E-state index in [9.17, 15) is 18.0 Å². The van der Waals surface area contributed by atoms with Crippen molar-refractivity contribution in [3.8, 4) is 0 Å². The van der Waals surface area contributed by atoms with E-state index in [2.05, 4.69) is 10.1 Å². The summed E-state index contributed by atoms with van der Waals surface area (Å²) in [6.45, 7) is -1.55. The van der Waals surface area contributed by atoms with Crippen LogP contribution in [0.15, 0.2) is 0 Å². The van der Waals surface area contributed by atoms with Crippen LogP contribution in [0.3, 0.4) is 0 Å². The van der Waals surface area contributed by atoms with Crippen molar-refractivity contribution in [2.75, 3.05) is 13.2 Å². The summed E-state index contributed by atoms with van der Waals surface area (Å²) < 4.78 is 39.6. The molecule has 0 aromatic carbocycles. The lowest BCUT2D eigenvalue weighted by atomic mass is 9.95. The van der Waals surface area contributed by atoms with Gasteiger partial charge in [0, 0.05) is 12.5 Å². The molecule has 106 valence electrons. The van der Waals surface area contributed by atoms with Gasteiger partial charge in [-0.25, -0.2) is 0 Å². The Kier molecular flexibility index (Phi) is 6.21. The number of carbonyl (C=O) groups is 1. The molecule has 0 bridgehead atoms. The molecule has 0 aliphatic heterocycles. The Balaban J connectivity index is 2.13. The molecule has 2 unspecified atom stereocenters. The minimum atomic E-state index is -4.35. The zero-order chi connectivity index (χ0) is 13.6. The molecule has 18 heavy (non-hydrogen) atoms. The largest absolute Gasteiger partial charge is 0.411 e. The number of hydrogen-bond donors (Lipinski definition) is 1. The molecule has 2 atom stereocenters. The van der Waals surface area contributed by atoms with Gasteiger partial charge in [-0.2, -0.15) is 13.2 Å². The van der Waals surface area contributed by atoms with E-state index in [1.165, 1.54) is 0 Å². The summed E-state index contributed by atoms with van der Waals surface area (Å²) in [7, 11) is 0. The van der Waals surface area contributed by atoms with E-state index < -0.39 is 12.8 Å². The maximum absolute atomic E-state index is 11.8. The second-order valence-electron chi connectivity index (χ2n) is 4.39. The number of ether oxygens (including phenoxy) is 1. The van der Waals surface area contributed by atoms with Gasteiger partial charge in [0.15, 0.2) is 0 Å². The van der Waals surface area contributed by atoms with Crippen LogP contribution in [0.1, 0.15) is 32.1 Å². The van der Waals surface area contributed by atoms with Crippen LogP contribution in [-0.2, 0) is 9.53 Å². The van der Waals surface area contributed by atoms with Gasteiger partial charge in [0.2, 0.25) is 5.91 Å². The zero-order valence-corrected chi connectivity index (χ0v) is 10.7. The van der Waals surface area contributed by atoms with Crippen LogP contribution in [0.2, 0.25) is 0 Å². The average Bonchev–Trinajstić information content (AvgIpc) is 2.26. The smallest absolute Gasteiger partial charge is 0.372 e. The molecular formula is C11H17ClF3NO2. The fourth-order valence-electron chi connectivity index (χ4n) is 1.88. The molecule has 1 N–H and O–H groups in total. The Morgan fingerprint density at radius 2 is 2.00 bits per heavy atom. The fourth-order valence-corrected chi connectivity index (χ4v) is 2.22. The lowest BCUT2D eigenvalue weighted by Gasteiger charge is -2.27. The number of amides is 1. The highest BCUT2D eigenvalue weighted by molar-refractivity contribution is 6.21. The quantitative estimate of drug-likeness (QED) is 0.623. The Labute approximate surface area is 109 Å². The summed E-state index contributed by atoms with van der Waals surface area (Å²) in [6.07, 6.45) is -0.675. The normalized spacial score (nSPS) is 24.9. The van der Waals surface area contributed by atoms with E-state index in [4.69, 9.17) is 11.6 Å². The van der Waals surface area contributed by atoms with Gasteiger partial charge in [-0.05, 0) is 12.8 Å². The molecule has 1 aliphatic carbocycles. The first-order valence-electron chi connectivity index (χ1n) is 5.96. The van der Waals surface area contributed by atoms with Gasteiger partial charge in [0.1, 0.15) is 6.61 Å². The second-order valence-corrected chi connectivity index (χ2v) is 4.95. The topological polar surface area (TPSA) is 38.3 Å². The van der Waals surface area contributed by atoms with Gasteiger partial charge in [0.25, 0.3) is 0 Å². The standard InChI is InChI=1S/C11H17ClF3NO2/c12-8-3-1-2-4-9(8)16-10(17)5-6-18-7-11(13,14)15/h8-9H,1-7H2,(H,16,17). The fraction of sp³-hybridized carbons (Fsp3) is 0.909. The van der Waals surface area contributed by atoms with Gasteiger partial charge in [-0.1, -0.05) is 12.8 Å². The first-order valence-corrected chi connectivity index (χ1v) is 6.40. The minimum Gasteiger partial charge on any atom is -0.372 e. The number of halogens is 4. The van der Waals surface area contributed by atoms with Crippen molar-refractivity contribution in [3.63, 3.8) is 0 Å². The zero-order valence-electron chi connectivity index (χ0n) is 9.93. The van der Waals surface area contributed by atoms with Crippen LogP contribution in [0, 0.1) is 0 Å². The Morgan fingerprint density at radius 3 is 2.61 bits per heavy atom. The van der Waals surface area contributed by atoms with Crippen LogP contribution >= 0.6 is 11.6 Å². The minimum absolute atomic E-state index is 0.0732. The van der Waals surface area contributed by atoms with E-state index in [1.807, 2.05) is 0 Å². The molecule has 1 aliphatic rings. The van der Waals surface area contributed by atoms with E-state index in [0.717, 1.165) is 25.7 Å². The highest BCUT2D eigenvalue weighted by Crippen LogP contribution is 2.23. The highest BCUT2D eigenvalue weighted by atomic mass is 35.5. The average molecular weight is 288 g/mol. The van der Waals surface area contributed by atoms with Gasteiger partial charge in [-0.15, -0.1) is 11.6 Å². The lowest BCUT2D eigenvalue weighted by Crippen LogP contribution is -2.43. The number of rotatable bonds is 5. The van der Waals surface area contributed by atoms with Crippen molar-refractivity contribution in [3.05, 3.63) is 0 Å². The molecule has 3 nitrogen and oxygen atoms in total. The van der Waals surface area contributed by atoms with Gasteiger partial charge in [0.05, 0.1) is 12.0 Å². The number of hydrogen-bond acceptors (Lipinski definition) is 2. The molecule has 0 aromatic heterocycles. The van der Waals surface area contributed by atoms with E-state index in [0.29, 0.717) is 0 Å². The summed E-state index contributed by atoms with van der Waals surface area (Å²) in [4.78, 5) is 11.5. The molecule has 1 amide bonds. The third-order valence-electron chi connectivity index (χ3n) is 2.77. The SMILES string of the molecule is O=C(CCOCC(F)(F)F)NC1CCCCC1Cl. The summed E-state index contributed by atoms with van der Waals surface area (Å²) in [6, 6.07) is -0.0736. The molecule has 1 fully saturated rings. The second kappa shape index (κ2) is 7.19. The monoisotopic (exact) mass is 287 g/mol. The van der Waals surface area contributed by atoms with E-state index >= 15 is 0 Å². The maximum Gasteiger partial charge on any atom is 0.411 e. The van der Waals surface area contributed by atoms with E-state index in [-0.39, 0.29) is 30.4 Å². The Morgan fingerprint density at radius 1 is 1.33 bits per heavy atom. The van der Waals surface area contributed by atoms with Crippen LogP contribution in [0.4, 0.5) is 13.2 Å². The third kappa shape index (κ3) is 6.44. The van der Waals surface area contributed by atoms with Crippen molar-refractivity contribution in [2.24, 2.45) is 0 Å². The summed E-state index contributed by atoms with van der Waals surface area (Å²) >= 11 is 6.05. The first-order chi connectivity index (χ1) is 8.38. The van der Waals surface area contributed by atoms with Gasteiger partial charge >= 0.3 is 6.18 Å². The molecule has 0 radical (unpaired) electrons. The van der Waals surface area contributed by atoms with E-state index in [1.54, 1.807) is 0 Å². The lowest BCUT2D eigenvalue weighted by molar-refractivity contribution is -0.174. The molecular weight excluding hydrogens is 271 g/mol.